The molecule has 3 atom stereocenters. The maximum absolute atomic E-state index is 12.8. The van der Waals surface area contributed by atoms with Crippen molar-refractivity contribution in [1.29, 1.82) is 0 Å². The van der Waals surface area contributed by atoms with Gasteiger partial charge in [0.1, 0.15) is 5.15 Å². The quantitative estimate of drug-likeness (QED) is 0.562. The van der Waals surface area contributed by atoms with E-state index in [1.165, 1.54) is 0 Å². The van der Waals surface area contributed by atoms with Gasteiger partial charge in [0.15, 0.2) is 0 Å². The van der Waals surface area contributed by atoms with Gasteiger partial charge >= 0.3 is 0 Å². The summed E-state index contributed by atoms with van der Waals surface area (Å²) in [5.41, 5.74) is 2.04. The maximum Gasteiger partial charge on any atom is 0.240 e. The molecular formula is C18H20BrClN2O2S. The Bertz CT molecular complexity index is 825. The highest BCUT2D eigenvalue weighted by atomic mass is 79.9. The molecule has 1 aromatic heterocycles. The van der Waals surface area contributed by atoms with E-state index in [9.17, 15) is 8.42 Å². The van der Waals surface area contributed by atoms with Gasteiger partial charge in [0, 0.05) is 23.0 Å². The molecule has 134 valence electrons. The molecule has 2 aromatic rings. The van der Waals surface area contributed by atoms with Crippen LogP contribution in [0.15, 0.2) is 47.5 Å². The van der Waals surface area contributed by atoms with Crippen LogP contribution < -0.4 is 4.72 Å². The average molecular weight is 444 g/mol. The molecule has 0 radical (unpaired) electrons. The summed E-state index contributed by atoms with van der Waals surface area (Å²) in [5.74, 6) is 0.0584. The molecule has 3 rings (SSSR count). The Morgan fingerprint density at radius 1 is 1.16 bits per heavy atom. The third kappa shape index (κ3) is 4.61. The Morgan fingerprint density at radius 2 is 1.88 bits per heavy atom. The molecule has 4 nitrogen and oxygen atoms in total. The minimum atomic E-state index is -3.56. The Kier molecular flexibility index (Phi) is 5.83. The Morgan fingerprint density at radius 3 is 2.52 bits per heavy atom. The number of nitrogens with one attached hydrogen (secondary N) is 1. The topological polar surface area (TPSA) is 59.1 Å². The monoisotopic (exact) mass is 442 g/mol. The van der Waals surface area contributed by atoms with Gasteiger partial charge in [-0.2, -0.15) is 0 Å². The van der Waals surface area contributed by atoms with Crippen molar-refractivity contribution in [3.05, 3.63) is 58.9 Å². The number of benzene rings is 1. The molecule has 25 heavy (non-hydrogen) atoms. The molecule has 0 spiro atoms. The van der Waals surface area contributed by atoms with E-state index in [4.69, 9.17) is 11.6 Å². The summed E-state index contributed by atoms with van der Waals surface area (Å²) >= 11 is 9.56. The number of rotatable bonds is 4. The number of hydrogen-bond acceptors (Lipinski definition) is 3. The first-order valence-electron chi connectivity index (χ1n) is 8.19. The lowest BCUT2D eigenvalue weighted by Gasteiger charge is -2.34. The van der Waals surface area contributed by atoms with Crippen LogP contribution in [0.25, 0.3) is 0 Å². The first-order valence-corrected chi connectivity index (χ1v) is 11.0. The zero-order valence-corrected chi connectivity index (χ0v) is 17.0. The second kappa shape index (κ2) is 7.74. The van der Waals surface area contributed by atoms with Crippen molar-refractivity contribution in [2.24, 2.45) is 0 Å². The number of halogens is 2. The summed E-state index contributed by atoms with van der Waals surface area (Å²) in [5, 5.41) is 0.437. The molecule has 1 N–H and O–H groups in total. The van der Waals surface area contributed by atoms with E-state index in [0.29, 0.717) is 14.9 Å². The SMILES string of the molecule is Cc1ccc(S(=O)(=O)N[C@@H]2CC[C@@H](Br)C[C@@H]2c2ccc(Cl)nc2)cc1. The number of alkyl halides is 1. The molecule has 1 saturated carbocycles. The summed E-state index contributed by atoms with van der Waals surface area (Å²) in [7, 11) is -3.56. The van der Waals surface area contributed by atoms with Crippen LogP contribution in [-0.4, -0.2) is 24.3 Å². The minimum Gasteiger partial charge on any atom is -0.244 e. The highest BCUT2D eigenvalue weighted by Gasteiger charge is 2.33. The minimum absolute atomic E-state index is 0.0584. The highest BCUT2D eigenvalue weighted by molar-refractivity contribution is 9.09. The fraction of sp³-hybridized carbons (Fsp3) is 0.389. The largest absolute Gasteiger partial charge is 0.244 e. The van der Waals surface area contributed by atoms with E-state index in [1.54, 1.807) is 24.4 Å². The van der Waals surface area contributed by atoms with Gasteiger partial charge < -0.3 is 0 Å². The Balaban J connectivity index is 1.85. The fourth-order valence-electron chi connectivity index (χ4n) is 3.22. The van der Waals surface area contributed by atoms with Gasteiger partial charge in [-0.1, -0.05) is 51.3 Å². The number of hydrogen-bond donors (Lipinski definition) is 1. The molecular weight excluding hydrogens is 424 g/mol. The molecule has 0 bridgehead atoms. The molecule has 0 unspecified atom stereocenters. The first kappa shape index (κ1) is 18.8. The molecule has 1 fully saturated rings. The third-order valence-electron chi connectivity index (χ3n) is 4.60. The van der Waals surface area contributed by atoms with E-state index in [2.05, 4.69) is 25.6 Å². The maximum atomic E-state index is 12.8. The first-order chi connectivity index (χ1) is 11.8. The zero-order chi connectivity index (χ0) is 18.0. The molecule has 0 aliphatic heterocycles. The van der Waals surface area contributed by atoms with Gasteiger partial charge in [-0.25, -0.2) is 18.1 Å². The molecule has 1 aliphatic carbocycles. The van der Waals surface area contributed by atoms with Crippen LogP contribution in [0.1, 0.15) is 36.3 Å². The average Bonchev–Trinajstić information content (AvgIpc) is 2.57. The number of pyridine rings is 1. The van der Waals surface area contributed by atoms with E-state index >= 15 is 0 Å². The van der Waals surface area contributed by atoms with Gasteiger partial charge in [0.2, 0.25) is 10.0 Å². The predicted octanol–water partition coefficient (Wildman–Crippen LogP) is 4.42. The van der Waals surface area contributed by atoms with Crippen LogP contribution in [0.4, 0.5) is 0 Å². The summed E-state index contributed by atoms with van der Waals surface area (Å²) < 4.78 is 28.4. The number of aromatic nitrogens is 1. The summed E-state index contributed by atoms with van der Waals surface area (Å²) in [6.07, 6.45) is 4.29. The lowest BCUT2D eigenvalue weighted by molar-refractivity contribution is 0.370. The van der Waals surface area contributed by atoms with Crippen LogP contribution in [0, 0.1) is 6.92 Å². The number of sulfonamides is 1. The summed E-state index contributed by atoms with van der Waals surface area (Å²) in [4.78, 5) is 4.82. The molecule has 0 amide bonds. The van der Waals surface area contributed by atoms with E-state index in [1.807, 2.05) is 25.1 Å². The summed E-state index contributed by atoms with van der Waals surface area (Å²) in [6.45, 7) is 1.94. The van der Waals surface area contributed by atoms with E-state index in [-0.39, 0.29) is 12.0 Å². The van der Waals surface area contributed by atoms with Gasteiger partial charge in [0.05, 0.1) is 4.90 Å². The van der Waals surface area contributed by atoms with Crippen molar-refractivity contribution < 1.29 is 8.42 Å². The van der Waals surface area contributed by atoms with Crippen LogP contribution in [0.5, 0.6) is 0 Å². The molecule has 1 aromatic carbocycles. The van der Waals surface area contributed by atoms with Gasteiger partial charge in [-0.05, 0) is 49.9 Å². The molecule has 1 aliphatic rings. The normalized spacial score (nSPS) is 24.2. The number of nitrogens with zero attached hydrogens (tertiary/aromatic N) is 1. The van der Waals surface area contributed by atoms with Crippen molar-refractivity contribution in [3.63, 3.8) is 0 Å². The Hall–Kier alpha value is -0.950. The molecule has 0 saturated heterocycles. The van der Waals surface area contributed by atoms with Crippen LogP contribution in [0.3, 0.4) is 0 Å². The van der Waals surface area contributed by atoms with Gasteiger partial charge in [0.25, 0.3) is 0 Å². The van der Waals surface area contributed by atoms with Crippen molar-refractivity contribution >= 4 is 37.6 Å². The van der Waals surface area contributed by atoms with Crippen LogP contribution in [-0.2, 0) is 10.0 Å². The van der Waals surface area contributed by atoms with Crippen molar-refractivity contribution in [1.82, 2.24) is 9.71 Å². The summed E-state index contributed by atoms with van der Waals surface area (Å²) in [6, 6.07) is 10.4. The Labute approximate surface area is 162 Å². The third-order valence-corrected chi connectivity index (χ3v) is 7.16. The predicted molar refractivity (Wildman–Crippen MR) is 104 cm³/mol. The molecule has 1 heterocycles. The second-order valence-corrected chi connectivity index (χ2v) is 9.87. The molecule has 7 heteroatoms. The lowest BCUT2D eigenvalue weighted by atomic mass is 9.81. The van der Waals surface area contributed by atoms with E-state index in [0.717, 1.165) is 30.4 Å². The second-order valence-electron chi connectivity index (χ2n) is 6.47. The van der Waals surface area contributed by atoms with Crippen molar-refractivity contribution in [3.8, 4) is 0 Å². The van der Waals surface area contributed by atoms with Crippen molar-refractivity contribution in [2.75, 3.05) is 0 Å². The van der Waals surface area contributed by atoms with Crippen LogP contribution in [0.2, 0.25) is 5.15 Å². The van der Waals surface area contributed by atoms with E-state index < -0.39 is 10.0 Å². The fourth-order valence-corrected chi connectivity index (χ4v) is 5.31. The van der Waals surface area contributed by atoms with Crippen molar-refractivity contribution in [2.45, 2.75) is 47.9 Å². The van der Waals surface area contributed by atoms with Gasteiger partial charge in [-0.15, -0.1) is 0 Å². The number of aryl methyl sites for hydroxylation is 1. The zero-order valence-electron chi connectivity index (χ0n) is 13.8. The highest BCUT2D eigenvalue weighted by Crippen LogP contribution is 2.37. The van der Waals surface area contributed by atoms with Gasteiger partial charge in [-0.3, -0.25) is 0 Å². The smallest absolute Gasteiger partial charge is 0.240 e. The standard InChI is InChI=1S/C18H20BrClN2O2S/c1-12-2-6-15(7-3-12)25(23,24)22-17-8-5-14(19)10-16(17)13-4-9-18(20)21-11-13/h2-4,6-7,9,11,14,16-17,22H,5,8,10H2,1H3/t14-,16-,17-/m1/s1. The lowest BCUT2D eigenvalue weighted by Crippen LogP contribution is -2.42. The van der Waals surface area contributed by atoms with Crippen LogP contribution >= 0.6 is 27.5 Å².